The molecule has 1 aliphatic rings. The van der Waals surface area contributed by atoms with E-state index >= 15 is 0 Å². The Hall–Kier alpha value is -1.34. The quantitative estimate of drug-likeness (QED) is 0.925. The molecule has 2 aromatic heterocycles. The number of anilines is 1. The summed E-state index contributed by atoms with van der Waals surface area (Å²) in [4.78, 5) is 19.9. The summed E-state index contributed by atoms with van der Waals surface area (Å²) in [6.07, 6.45) is 4.68. The third kappa shape index (κ3) is 2.28. The molecule has 0 aromatic carbocycles. The van der Waals surface area contributed by atoms with Crippen molar-refractivity contribution >= 4 is 28.9 Å². The van der Waals surface area contributed by atoms with E-state index in [9.17, 15) is 4.79 Å². The van der Waals surface area contributed by atoms with Crippen LogP contribution < -0.4 is 11.1 Å². The fourth-order valence-electron chi connectivity index (χ4n) is 1.88. The van der Waals surface area contributed by atoms with Crippen LogP contribution in [-0.4, -0.2) is 20.2 Å². The minimum absolute atomic E-state index is 0.0447. The van der Waals surface area contributed by atoms with Crippen molar-refractivity contribution < 1.29 is 4.52 Å². The zero-order valence-corrected chi connectivity index (χ0v) is 11.2. The highest BCUT2D eigenvalue weighted by Crippen LogP contribution is 2.42. The van der Waals surface area contributed by atoms with Gasteiger partial charge in [-0.25, -0.2) is 9.78 Å². The Morgan fingerprint density at radius 3 is 2.94 bits per heavy atom. The third-order valence-corrected chi connectivity index (χ3v) is 4.09. The lowest BCUT2D eigenvalue weighted by atomic mass is 10.1. The largest absolute Gasteiger partial charge is 0.461 e. The number of hydrogen-bond donors (Lipinski definition) is 1. The molecule has 6 nitrogen and oxygen atoms in total. The van der Waals surface area contributed by atoms with Gasteiger partial charge in [0, 0.05) is 30.1 Å². The van der Waals surface area contributed by atoms with E-state index in [0.29, 0.717) is 10.4 Å². The first kappa shape index (κ1) is 11.7. The number of hydrogen-bond acceptors (Lipinski definition) is 6. The van der Waals surface area contributed by atoms with Crippen LogP contribution in [0.3, 0.4) is 0 Å². The molecule has 3 rings (SSSR count). The van der Waals surface area contributed by atoms with Gasteiger partial charge in [-0.2, -0.15) is 4.74 Å². The molecule has 2 aromatic rings. The maximum absolute atomic E-state index is 11.0. The molecule has 8 heteroatoms. The Labute approximate surface area is 112 Å². The average Bonchev–Trinajstić information content (AvgIpc) is 2.80. The Morgan fingerprint density at radius 2 is 2.44 bits per heavy atom. The minimum atomic E-state index is -0.586. The summed E-state index contributed by atoms with van der Waals surface area (Å²) in [5.41, 5.74) is -0.0447. The molecule has 1 saturated carbocycles. The lowest BCUT2D eigenvalue weighted by Crippen LogP contribution is -2.25. The average molecular weight is 287 g/mol. The summed E-state index contributed by atoms with van der Waals surface area (Å²) in [5, 5.41) is 3.27. The van der Waals surface area contributed by atoms with E-state index in [-0.39, 0.29) is 5.54 Å². The molecule has 0 aliphatic heterocycles. The van der Waals surface area contributed by atoms with Crippen molar-refractivity contribution in [1.29, 1.82) is 0 Å². The zero-order chi connectivity index (χ0) is 12.8. The number of aromatic nitrogens is 3. The lowest BCUT2D eigenvalue weighted by molar-refractivity contribution is 0.286. The Balaban J connectivity index is 1.76. The molecule has 18 heavy (non-hydrogen) atoms. The first-order valence-corrected chi connectivity index (χ1v) is 6.69. The van der Waals surface area contributed by atoms with Gasteiger partial charge < -0.3 is 9.84 Å². The molecule has 2 heterocycles. The topological polar surface area (TPSA) is 73.0 Å². The molecule has 96 valence electrons. The number of nitrogens with zero attached hydrogens (tertiary/aromatic N) is 3. The van der Waals surface area contributed by atoms with Crippen molar-refractivity contribution in [3.05, 3.63) is 26.1 Å². The van der Waals surface area contributed by atoms with Gasteiger partial charge in [-0.3, -0.25) is 0 Å². The lowest BCUT2D eigenvalue weighted by Gasteiger charge is -2.15. The molecular weight excluding hydrogens is 276 g/mol. The van der Waals surface area contributed by atoms with Crippen LogP contribution in [0.25, 0.3) is 0 Å². The molecule has 1 fully saturated rings. The van der Waals surface area contributed by atoms with Crippen molar-refractivity contribution in [2.75, 3.05) is 5.32 Å². The van der Waals surface area contributed by atoms with Gasteiger partial charge in [0.25, 0.3) is 0 Å². The van der Waals surface area contributed by atoms with Crippen molar-refractivity contribution in [2.24, 2.45) is 7.05 Å². The molecule has 0 bridgehead atoms. The van der Waals surface area contributed by atoms with Crippen molar-refractivity contribution in [2.45, 2.75) is 24.8 Å². The van der Waals surface area contributed by atoms with Crippen LogP contribution in [0, 0.1) is 0 Å². The Bertz CT molecular complexity index is 628. The summed E-state index contributed by atoms with van der Waals surface area (Å²) in [6.45, 7) is 0. The van der Waals surface area contributed by atoms with Crippen LogP contribution in [-0.2, 0) is 13.5 Å². The fraction of sp³-hybridized carbons (Fsp3) is 0.500. The Morgan fingerprint density at radius 1 is 1.67 bits per heavy atom. The normalized spacial score (nSPS) is 16.8. The summed E-state index contributed by atoms with van der Waals surface area (Å²) >= 11 is 7.29. The first-order valence-electron chi connectivity index (χ1n) is 5.49. The number of thiazole rings is 1. The van der Waals surface area contributed by atoms with Crippen LogP contribution in [0.2, 0.25) is 4.47 Å². The number of nitrogens with one attached hydrogen (secondary N) is 1. The second-order valence-corrected chi connectivity index (χ2v) is 6.15. The summed E-state index contributed by atoms with van der Waals surface area (Å²) < 4.78 is 6.70. The number of halogens is 1. The van der Waals surface area contributed by atoms with Gasteiger partial charge in [0.2, 0.25) is 5.95 Å². The molecule has 0 saturated heterocycles. The van der Waals surface area contributed by atoms with Gasteiger partial charge in [0.15, 0.2) is 4.47 Å². The van der Waals surface area contributed by atoms with E-state index in [2.05, 4.69) is 15.3 Å². The van der Waals surface area contributed by atoms with Gasteiger partial charge in [0.05, 0.1) is 0 Å². The summed E-state index contributed by atoms with van der Waals surface area (Å²) in [6, 6.07) is 0. The highest BCUT2D eigenvalue weighted by atomic mass is 35.5. The van der Waals surface area contributed by atoms with E-state index in [4.69, 9.17) is 16.1 Å². The fourth-order valence-corrected chi connectivity index (χ4v) is 3.00. The first-order chi connectivity index (χ1) is 8.56. The van der Waals surface area contributed by atoms with E-state index < -0.39 is 5.76 Å². The van der Waals surface area contributed by atoms with E-state index in [1.54, 1.807) is 13.2 Å². The van der Waals surface area contributed by atoms with Crippen molar-refractivity contribution in [3.8, 4) is 0 Å². The van der Waals surface area contributed by atoms with Crippen molar-refractivity contribution in [1.82, 2.24) is 14.7 Å². The molecular formula is C10H11ClN4O2S. The van der Waals surface area contributed by atoms with Gasteiger partial charge >= 0.3 is 5.76 Å². The number of aryl methyl sites for hydroxylation is 1. The van der Waals surface area contributed by atoms with Gasteiger partial charge in [0.1, 0.15) is 0 Å². The molecule has 1 aliphatic carbocycles. The highest BCUT2D eigenvalue weighted by Gasteiger charge is 2.44. The molecule has 0 radical (unpaired) electrons. The van der Waals surface area contributed by atoms with E-state index in [0.717, 1.165) is 24.1 Å². The summed E-state index contributed by atoms with van der Waals surface area (Å²) in [5.74, 6) is -0.121. The summed E-state index contributed by atoms with van der Waals surface area (Å²) in [7, 11) is 1.65. The van der Waals surface area contributed by atoms with Crippen LogP contribution in [0.15, 0.2) is 15.5 Å². The number of rotatable bonds is 4. The monoisotopic (exact) mass is 286 g/mol. The van der Waals surface area contributed by atoms with Gasteiger partial charge in [-0.15, -0.1) is 16.3 Å². The maximum Gasteiger partial charge on any atom is 0.461 e. The van der Waals surface area contributed by atoms with Crippen LogP contribution >= 0.6 is 22.9 Å². The third-order valence-electron chi connectivity index (χ3n) is 2.98. The van der Waals surface area contributed by atoms with Crippen LogP contribution in [0.4, 0.5) is 5.95 Å². The molecule has 0 atom stereocenters. The van der Waals surface area contributed by atoms with E-state index in [1.165, 1.54) is 16.1 Å². The SMILES string of the molecule is Cn1oc(=O)nc1NC1(Cc2cnc(Cl)s2)CC1. The zero-order valence-electron chi connectivity index (χ0n) is 9.64. The van der Waals surface area contributed by atoms with Gasteiger partial charge in [-0.1, -0.05) is 11.6 Å². The standard InChI is InChI=1S/C10H11ClN4O2S/c1-15-8(13-9(16)17-15)14-10(2-3-10)4-6-5-12-7(11)18-6/h5H,2-4H2,1H3,(H,13,14,16). The smallest absolute Gasteiger partial charge is 0.348 e. The minimum Gasteiger partial charge on any atom is -0.348 e. The van der Waals surface area contributed by atoms with Crippen molar-refractivity contribution in [3.63, 3.8) is 0 Å². The molecule has 0 unspecified atom stereocenters. The van der Waals surface area contributed by atoms with Crippen LogP contribution in [0.5, 0.6) is 0 Å². The van der Waals surface area contributed by atoms with Gasteiger partial charge in [-0.05, 0) is 12.8 Å². The second-order valence-electron chi connectivity index (χ2n) is 4.45. The molecule has 1 N–H and O–H groups in total. The predicted octanol–water partition coefficient (Wildman–Crippen LogP) is 1.67. The predicted molar refractivity (Wildman–Crippen MR) is 68.2 cm³/mol. The molecule has 0 amide bonds. The second kappa shape index (κ2) is 4.10. The maximum atomic E-state index is 11.0. The Kier molecular flexibility index (Phi) is 2.67. The highest BCUT2D eigenvalue weighted by molar-refractivity contribution is 7.15. The van der Waals surface area contributed by atoms with Crippen LogP contribution in [0.1, 0.15) is 17.7 Å². The molecule has 0 spiro atoms. The van der Waals surface area contributed by atoms with E-state index in [1.807, 2.05) is 0 Å².